The molecule has 2 aliphatic heterocycles. The highest BCUT2D eigenvalue weighted by molar-refractivity contribution is 8.22. The van der Waals surface area contributed by atoms with Crippen molar-refractivity contribution in [3.63, 3.8) is 0 Å². The Morgan fingerprint density at radius 3 is 2.37 bits per heavy atom. The molecule has 9 heteroatoms. The molecule has 5 atom stereocenters. The molecular formula is C18H22O5S4. The fraction of sp³-hybridized carbons (Fsp3) is 0.556. The monoisotopic (exact) mass is 446 g/mol. The zero-order valence-corrected chi connectivity index (χ0v) is 18.7. The molecule has 2 saturated heterocycles. The van der Waals surface area contributed by atoms with Gasteiger partial charge in [0.25, 0.3) is 0 Å². The van der Waals surface area contributed by atoms with Crippen LogP contribution in [-0.4, -0.2) is 51.7 Å². The SMILES string of the molecule is CSC(=S)O[C@@H]1[C@H]2OC(C)(C)O[C@H]2O[C@@H]1[C@H](OC(=S)SC)c1ccccc1. The molecule has 1 aromatic carbocycles. The minimum Gasteiger partial charge on any atom is -0.469 e. The maximum absolute atomic E-state index is 6.21. The van der Waals surface area contributed by atoms with Crippen LogP contribution < -0.4 is 0 Å². The van der Waals surface area contributed by atoms with Gasteiger partial charge in [-0.05, 0) is 56.4 Å². The van der Waals surface area contributed by atoms with Crippen molar-refractivity contribution < 1.29 is 23.7 Å². The van der Waals surface area contributed by atoms with Crippen molar-refractivity contribution in [1.29, 1.82) is 0 Å². The molecule has 0 N–H and O–H groups in total. The molecule has 0 amide bonds. The Balaban J connectivity index is 1.91. The lowest BCUT2D eigenvalue weighted by molar-refractivity contribution is -0.223. The first-order valence-electron chi connectivity index (χ1n) is 8.40. The second kappa shape index (κ2) is 8.94. The first kappa shape index (κ1) is 21.3. The van der Waals surface area contributed by atoms with Gasteiger partial charge in [-0.3, -0.25) is 0 Å². The Morgan fingerprint density at radius 1 is 1.07 bits per heavy atom. The first-order chi connectivity index (χ1) is 12.8. The maximum atomic E-state index is 6.21. The van der Waals surface area contributed by atoms with Crippen molar-refractivity contribution in [2.75, 3.05) is 12.5 Å². The van der Waals surface area contributed by atoms with Crippen molar-refractivity contribution in [3.05, 3.63) is 35.9 Å². The van der Waals surface area contributed by atoms with Gasteiger partial charge in [-0.1, -0.05) is 53.9 Å². The predicted octanol–water partition coefficient (Wildman–Crippen LogP) is 4.30. The summed E-state index contributed by atoms with van der Waals surface area (Å²) in [6.45, 7) is 3.70. The summed E-state index contributed by atoms with van der Waals surface area (Å²) in [6, 6.07) is 9.79. The molecule has 2 aliphatic rings. The Hall–Kier alpha value is -0.420. The number of fused-ring (bicyclic) bond motifs is 1. The quantitative estimate of drug-likeness (QED) is 0.630. The Morgan fingerprint density at radius 2 is 1.74 bits per heavy atom. The summed E-state index contributed by atoms with van der Waals surface area (Å²) in [5.74, 6) is -0.749. The number of hydrogen-bond donors (Lipinski definition) is 0. The molecule has 2 fully saturated rings. The summed E-state index contributed by atoms with van der Waals surface area (Å²) in [4.78, 5) is 0. The topological polar surface area (TPSA) is 46.2 Å². The van der Waals surface area contributed by atoms with E-state index in [4.69, 9.17) is 48.1 Å². The van der Waals surface area contributed by atoms with Crippen LogP contribution in [0.4, 0.5) is 0 Å². The highest BCUT2D eigenvalue weighted by atomic mass is 32.2. The van der Waals surface area contributed by atoms with Gasteiger partial charge in [0.05, 0.1) is 0 Å². The van der Waals surface area contributed by atoms with E-state index in [1.165, 1.54) is 23.5 Å². The summed E-state index contributed by atoms with van der Waals surface area (Å²) in [5.41, 5.74) is 0.932. The minimum absolute atomic E-state index is 0.409. The van der Waals surface area contributed by atoms with Crippen LogP contribution in [0.5, 0.6) is 0 Å². The standard InChI is InChI=1S/C18H22O5S4/c1-18(2)22-14-13(21-17(25)27-4)12(19-15(14)23-18)11(20-16(24)26-3)10-8-6-5-7-9-10/h5-9,11-15H,1-4H3/t11-,12-,13+,14-,15-/m1/s1. The summed E-state index contributed by atoms with van der Waals surface area (Å²) >= 11 is 13.3. The van der Waals surface area contributed by atoms with Crippen LogP contribution in [0.1, 0.15) is 25.5 Å². The molecule has 3 rings (SSSR count). The van der Waals surface area contributed by atoms with E-state index in [1.807, 2.05) is 56.7 Å². The van der Waals surface area contributed by atoms with E-state index >= 15 is 0 Å². The Kier molecular flexibility index (Phi) is 7.05. The average Bonchev–Trinajstić information content (AvgIpc) is 3.12. The lowest BCUT2D eigenvalue weighted by Crippen LogP contribution is -2.41. The van der Waals surface area contributed by atoms with Gasteiger partial charge in [0, 0.05) is 0 Å². The summed E-state index contributed by atoms with van der Waals surface area (Å²) < 4.78 is 31.1. The highest BCUT2D eigenvalue weighted by Crippen LogP contribution is 2.44. The predicted molar refractivity (Wildman–Crippen MR) is 116 cm³/mol. The van der Waals surface area contributed by atoms with Gasteiger partial charge < -0.3 is 23.7 Å². The number of ether oxygens (including phenoxy) is 5. The molecular weight excluding hydrogens is 424 g/mol. The van der Waals surface area contributed by atoms with Crippen molar-refractivity contribution in [1.82, 2.24) is 0 Å². The van der Waals surface area contributed by atoms with Crippen molar-refractivity contribution in [2.24, 2.45) is 0 Å². The molecule has 0 saturated carbocycles. The van der Waals surface area contributed by atoms with E-state index in [0.29, 0.717) is 8.77 Å². The molecule has 0 spiro atoms. The van der Waals surface area contributed by atoms with E-state index in [9.17, 15) is 0 Å². The van der Waals surface area contributed by atoms with E-state index in [-0.39, 0.29) is 0 Å². The highest BCUT2D eigenvalue weighted by Gasteiger charge is 2.59. The second-order valence-electron chi connectivity index (χ2n) is 6.51. The van der Waals surface area contributed by atoms with Crippen molar-refractivity contribution in [2.45, 2.75) is 50.3 Å². The van der Waals surface area contributed by atoms with Gasteiger partial charge in [-0.2, -0.15) is 0 Å². The Labute approximate surface area is 178 Å². The number of thiocarbonyl (C=S) groups is 2. The second-order valence-corrected chi connectivity index (χ2v) is 9.33. The molecule has 148 valence electrons. The van der Waals surface area contributed by atoms with E-state index in [2.05, 4.69) is 0 Å². The Bertz CT molecular complexity index is 684. The van der Waals surface area contributed by atoms with Gasteiger partial charge in [-0.15, -0.1) is 0 Å². The van der Waals surface area contributed by atoms with Crippen LogP contribution in [-0.2, 0) is 23.7 Å². The summed E-state index contributed by atoms with van der Waals surface area (Å²) in [7, 11) is 0. The van der Waals surface area contributed by atoms with E-state index < -0.39 is 36.5 Å². The fourth-order valence-corrected chi connectivity index (χ4v) is 3.78. The fourth-order valence-electron chi connectivity index (χ4n) is 3.16. The zero-order valence-electron chi connectivity index (χ0n) is 15.4. The number of benzene rings is 1. The third kappa shape index (κ3) is 4.95. The average molecular weight is 447 g/mol. The zero-order chi connectivity index (χ0) is 19.6. The van der Waals surface area contributed by atoms with E-state index in [0.717, 1.165) is 5.56 Å². The molecule has 5 nitrogen and oxygen atoms in total. The number of thioether (sulfide) groups is 2. The lowest BCUT2D eigenvalue weighted by Gasteiger charge is -2.31. The number of rotatable bonds is 4. The van der Waals surface area contributed by atoms with Crippen LogP contribution in [0.2, 0.25) is 0 Å². The molecule has 2 heterocycles. The molecule has 0 bridgehead atoms. The molecule has 0 radical (unpaired) electrons. The maximum Gasteiger partial charge on any atom is 0.220 e. The lowest BCUT2D eigenvalue weighted by atomic mass is 9.99. The van der Waals surface area contributed by atoms with Crippen LogP contribution in [0.25, 0.3) is 0 Å². The molecule has 0 unspecified atom stereocenters. The van der Waals surface area contributed by atoms with Crippen LogP contribution in [0, 0.1) is 0 Å². The van der Waals surface area contributed by atoms with Crippen LogP contribution >= 0.6 is 48.0 Å². The molecule has 0 aromatic heterocycles. The first-order valence-corrected chi connectivity index (χ1v) is 11.7. The molecule has 27 heavy (non-hydrogen) atoms. The summed E-state index contributed by atoms with van der Waals surface area (Å²) in [5, 5.41) is 0. The third-order valence-corrected chi connectivity index (χ3v) is 6.29. The van der Waals surface area contributed by atoms with Crippen LogP contribution in [0.15, 0.2) is 30.3 Å². The normalized spacial score (nSPS) is 29.8. The van der Waals surface area contributed by atoms with Crippen molar-refractivity contribution in [3.8, 4) is 0 Å². The van der Waals surface area contributed by atoms with Gasteiger partial charge in [0.1, 0.15) is 6.10 Å². The third-order valence-electron chi connectivity index (χ3n) is 4.24. The number of hydrogen-bond acceptors (Lipinski definition) is 9. The van der Waals surface area contributed by atoms with Gasteiger partial charge in [0.15, 0.2) is 30.4 Å². The molecule has 0 aliphatic carbocycles. The smallest absolute Gasteiger partial charge is 0.220 e. The van der Waals surface area contributed by atoms with Crippen molar-refractivity contribution >= 4 is 56.7 Å². The van der Waals surface area contributed by atoms with Gasteiger partial charge in [0.2, 0.25) is 8.77 Å². The molecule has 1 aromatic rings. The van der Waals surface area contributed by atoms with Crippen LogP contribution in [0.3, 0.4) is 0 Å². The van der Waals surface area contributed by atoms with Gasteiger partial charge in [-0.25, -0.2) is 0 Å². The van der Waals surface area contributed by atoms with Gasteiger partial charge >= 0.3 is 0 Å². The minimum atomic E-state index is -0.749. The largest absolute Gasteiger partial charge is 0.469 e. The summed E-state index contributed by atoms with van der Waals surface area (Å²) in [6.07, 6.45) is 1.33. The van der Waals surface area contributed by atoms with E-state index in [1.54, 1.807) is 0 Å².